The second kappa shape index (κ2) is 17.8. The summed E-state index contributed by atoms with van der Waals surface area (Å²) in [6, 6.07) is 4.07. The number of Topliss-reactive ketones (excluding diaryl/α,β-unsaturated/α-hetero) is 1. The first-order chi connectivity index (χ1) is 25.7. The fraction of sp³-hybridized carbons (Fsp3) is 0.659. The minimum Gasteiger partial charge on any atom is -0.346 e. The van der Waals surface area contributed by atoms with Gasteiger partial charge in [-0.1, -0.05) is 77.8 Å². The van der Waals surface area contributed by atoms with E-state index in [4.69, 9.17) is 0 Å². The quantitative estimate of drug-likeness (QED) is 0.129. The van der Waals surface area contributed by atoms with Crippen molar-refractivity contribution in [2.24, 2.45) is 29.1 Å². The van der Waals surface area contributed by atoms with Crippen LogP contribution in [0.25, 0.3) is 0 Å². The molecule has 2 heterocycles. The Kier molecular flexibility index (Phi) is 13.4. The summed E-state index contributed by atoms with van der Waals surface area (Å²) in [5.74, 6) is -2.23. The summed E-state index contributed by atoms with van der Waals surface area (Å²) >= 11 is 0. The van der Waals surface area contributed by atoms with Crippen molar-refractivity contribution in [3.05, 3.63) is 48.0 Å². The average Bonchev–Trinajstić information content (AvgIpc) is 3.68. The molecule has 0 spiro atoms. The van der Waals surface area contributed by atoms with Gasteiger partial charge in [-0.05, 0) is 78.7 Å². The van der Waals surface area contributed by atoms with Crippen LogP contribution in [0.1, 0.15) is 84.3 Å². The zero-order valence-electron chi connectivity index (χ0n) is 32.7. The maximum atomic E-state index is 14.9. The highest BCUT2D eigenvalue weighted by Gasteiger charge is 2.48. The number of hydrogen-bond acceptors (Lipinski definition) is 6. The number of rotatable bonds is 16. The molecule has 2 aliphatic carbocycles. The van der Waals surface area contributed by atoms with Crippen molar-refractivity contribution >= 4 is 35.6 Å². The third-order valence-corrected chi connectivity index (χ3v) is 11.7. The van der Waals surface area contributed by atoms with Crippen LogP contribution in [-0.4, -0.2) is 102 Å². The van der Waals surface area contributed by atoms with Gasteiger partial charge in [-0.25, -0.2) is 9.59 Å². The standard InChI is InChI=1S/C41H61N7O6/c1-7-18-42-37(51)35(49)31(16-15-26-13-14-26)44-36(50)34-30(25(2)3)17-21-48(34)38(52)33(29-22-27-11-8-9-12-28(27)23-29)46-39(53)45-32(41(4,5)6)24-47-20-10-19-43-40(47)54/h7-9,11-12,25-26,29-34H,1,10,13-24H2,2-6H3,(H,42,51)(H,43,54)(H,44,50)(H2,45,46,53)/t30?,31?,32-,33+,34+/m1/s1. The Hall–Kier alpha value is -4.42. The second-order valence-corrected chi connectivity index (χ2v) is 17.1. The second-order valence-electron chi connectivity index (χ2n) is 17.1. The number of benzene rings is 1. The van der Waals surface area contributed by atoms with E-state index in [1.165, 1.54) is 6.08 Å². The molecule has 4 aliphatic rings. The highest BCUT2D eigenvalue weighted by molar-refractivity contribution is 6.38. The van der Waals surface area contributed by atoms with E-state index < -0.39 is 53.2 Å². The maximum absolute atomic E-state index is 14.9. The van der Waals surface area contributed by atoms with Gasteiger partial charge < -0.3 is 36.4 Å². The highest BCUT2D eigenvalue weighted by Crippen LogP contribution is 2.36. The van der Waals surface area contributed by atoms with E-state index >= 15 is 0 Å². The molecule has 3 fully saturated rings. The van der Waals surface area contributed by atoms with Crippen LogP contribution in [0.2, 0.25) is 0 Å². The molecule has 54 heavy (non-hydrogen) atoms. The molecule has 0 aromatic heterocycles. The molecule has 7 amide bonds. The highest BCUT2D eigenvalue weighted by atomic mass is 16.2. The molecule has 1 aromatic carbocycles. The topological polar surface area (TPSA) is 169 Å². The van der Waals surface area contributed by atoms with Crippen LogP contribution in [0.5, 0.6) is 0 Å². The van der Waals surface area contributed by atoms with Crippen LogP contribution in [0.3, 0.4) is 0 Å². The van der Waals surface area contributed by atoms with Gasteiger partial charge in [0.05, 0.1) is 12.1 Å². The molecular formula is C41H61N7O6. The van der Waals surface area contributed by atoms with E-state index in [9.17, 15) is 28.8 Å². The predicted octanol–water partition coefficient (Wildman–Crippen LogP) is 3.32. The van der Waals surface area contributed by atoms with Gasteiger partial charge in [-0.3, -0.25) is 19.2 Å². The average molecular weight is 748 g/mol. The normalized spacial score (nSPS) is 21.8. The number of nitrogens with zero attached hydrogens (tertiary/aromatic N) is 2. The monoisotopic (exact) mass is 747 g/mol. The third-order valence-electron chi connectivity index (χ3n) is 11.7. The number of nitrogens with one attached hydrogen (secondary N) is 5. The van der Waals surface area contributed by atoms with E-state index in [-0.39, 0.29) is 36.2 Å². The van der Waals surface area contributed by atoms with Crippen molar-refractivity contribution in [1.82, 2.24) is 36.4 Å². The fourth-order valence-corrected chi connectivity index (χ4v) is 8.18. The summed E-state index contributed by atoms with van der Waals surface area (Å²) < 4.78 is 0. The van der Waals surface area contributed by atoms with Crippen molar-refractivity contribution in [2.75, 3.05) is 32.7 Å². The minimum atomic E-state index is -1.02. The number of likely N-dealkylation sites (tertiary alicyclic amines) is 1. The summed E-state index contributed by atoms with van der Waals surface area (Å²) in [7, 11) is 0. The molecule has 1 saturated carbocycles. The SMILES string of the molecule is C=CCNC(=O)C(=O)C(CCC1CC1)NC(=O)[C@@H]1C(C(C)C)CCN1C(=O)[C@@H](NC(=O)N[C@H](CN1CCCNC1=O)C(C)(C)C)C1Cc2ccccc2C1. The summed E-state index contributed by atoms with van der Waals surface area (Å²) in [6.07, 6.45) is 7.23. The van der Waals surface area contributed by atoms with E-state index in [2.05, 4.69) is 33.2 Å². The Balaban J connectivity index is 1.38. The van der Waals surface area contributed by atoms with Gasteiger partial charge >= 0.3 is 12.1 Å². The Morgan fingerprint density at radius 3 is 2.26 bits per heavy atom. The van der Waals surface area contributed by atoms with E-state index in [1.54, 1.807) is 9.80 Å². The number of urea groups is 2. The summed E-state index contributed by atoms with van der Waals surface area (Å²) in [5, 5.41) is 14.5. The Bertz CT molecular complexity index is 1540. The number of amides is 7. The van der Waals surface area contributed by atoms with Crippen LogP contribution in [0, 0.1) is 29.1 Å². The van der Waals surface area contributed by atoms with Gasteiger partial charge in [0.25, 0.3) is 5.91 Å². The molecule has 5 atom stereocenters. The van der Waals surface area contributed by atoms with E-state index in [1.807, 2.05) is 58.9 Å². The van der Waals surface area contributed by atoms with Gasteiger partial charge in [0, 0.05) is 32.7 Å². The molecule has 5 N–H and O–H groups in total. The van der Waals surface area contributed by atoms with Crippen LogP contribution < -0.4 is 26.6 Å². The first kappa shape index (κ1) is 40.8. The molecule has 13 nitrogen and oxygen atoms in total. The fourth-order valence-electron chi connectivity index (χ4n) is 8.18. The lowest BCUT2D eigenvalue weighted by molar-refractivity contribution is -0.144. The van der Waals surface area contributed by atoms with Crippen molar-refractivity contribution in [3.63, 3.8) is 0 Å². The zero-order valence-corrected chi connectivity index (χ0v) is 32.7. The number of fused-ring (bicyclic) bond motifs is 1. The molecule has 2 unspecified atom stereocenters. The first-order valence-corrected chi connectivity index (χ1v) is 19.9. The lowest BCUT2D eigenvalue weighted by atomic mass is 9.86. The van der Waals surface area contributed by atoms with Crippen LogP contribution in [-0.2, 0) is 32.0 Å². The summed E-state index contributed by atoms with van der Waals surface area (Å²) in [6.45, 7) is 15.6. The van der Waals surface area contributed by atoms with Gasteiger partial charge in [-0.2, -0.15) is 0 Å². The molecule has 296 valence electrons. The van der Waals surface area contributed by atoms with Crippen molar-refractivity contribution in [2.45, 2.75) is 110 Å². The lowest BCUT2D eigenvalue weighted by Crippen LogP contribution is -2.62. The zero-order chi connectivity index (χ0) is 39.2. The van der Waals surface area contributed by atoms with Crippen molar-refractivity contribution in [3.8, 4) is 0 Å². The van der Waals surface area contributed by atoms with Crippen LogP contribution in [0.15, 0.2) is 36.9 Å². The summed E-state index contributed by atoms with van der Waals surface area (Å²) in [4.78, 5) is 85.3. The van der Waals surface area contributed by atoms with Gasteiger partial charge in [0.2, 0.25) is 17.6 Å². The lowest BCUT2D eigenvalue weighted by Gasteiger charge is -2.38. The molecule has 13 heteroatoms. The first-order valence-electron chi connectivity index (χ1n) is 19.9. The summed E-state index contributed by atoms with van der Waals surface area (Å²) in [5.41, 5.74) is 1.83. The largest absolute Gasteiger partial charge is 0.346 e. The number of carbonyl (C=O) groups excluding carboxylic acids is 6. The van der Waals surface area contributed by atoms with Gasteiger partial charge in [0.15, 0.2) is 0 Å². The number of carbonyl (C=O) groups is 6. The van der Waals surface area contributed by atoms with Crippen LogP contribution >= 0.6 is 0 Å². The van der Waals surface area contributed by atoms with Crippen LogP contribution in [0.4, 0.5) is 9.59 Å². The van der Waals surface area contributed by atoms with Crippen molar-refractivity contribution in [1.29, 1.82) is 0 Å². The van der Waals surface area contributed by atoms with Gasteiger partial charge in [-0.15, -0.1) is 6.58 Å². The Morgan fingerprint density at radius 1 is 0.981 bits per heavy atom. The Morgan fingerprint density at radius 2 is 1.67 bits per heavy atom. The molecule has 1 aromatic rings. The molecule has 2 saturated heterocycles. The molecule has 2 aliphatic heterocycles. The van der Waals surface area contributed by atoms with Crippen molar-refractivity contribution < 1.29 is 28.8 Å². The predicted molar refractivity (Wildman–Crippen MR) is 206 cm³/mol. The smallest absolute Gasteiger partial charge is 0.317 e. The molecule has 0 radical (unpaired) electrons. The molecule has 5 rings (SSSR count). The molecule has 0 bridgehead atoms. The van der Waals surface area contributed by atoms with E-state index in [0.717, 1.165) is 30.4 Å². The number of ketones is 1. The minimum absolute atomic E-state index is 0.0417. The number of hydrogen-bond donors (Lipinski definition) is 5. The van der Waals surface area contributed by atoms with Gasteiger partial charge in [0.1, 0.15) is 12.1 Å². The Labute approximate surface area is 320 Å². The van der Waals surface area contributed by atoms with E-state index in [0.29, 0.717) is 64.2 Å². The molecular weight excluding hydrogens is 686 g/mol. The third kappa shape index (κ3) is 10.2. The maximum Gasteiger partial charge on any atom is 0.317 e.